The van der Waals surface area contributed by atoms with E-state index in [0.29, 0.717) is 5.57 Å². The molecule has 0 nitrogen and oxygen atoms in total. The largest absolute Gasteiger partial charge is 0.416 e. The number of allylic oxidation sites excluding steroid dienone is 5. The molecule has 3 heteroatoms. The lowest BCUT2D eigenvalue weighted by atomic mass is 9.87. The quantitative estimate of drug-likeness (QED) is 0.527. The van der Waals surface area contributed by atoms with Crippen LogP contribution in [0.3, 0.4) is 0 Å². The highest BCUT2D eigenvalue weighted by Crippen LogP contribution is 2.39. The van der Waals surface area contributed by atoms with Gasteiger partial charge in [-0.2, -0.15) is 13.2 Å². The summed E-state index contributed by atoms with van der Waals surface area (Å²) in [5.41, 5.74) is 0.0698. The Morgan fingerprint density at radius 3 is 1.58 bits per heavy atom. The Morgan fingerprint density at radius 1 is 1.00 bits per heavy atom. The first-order chi connectivity index (χ1) is 8.66. The summed E-state index contributed by atoms with van der Waals surface area (Å²) in [6, 6.07) is 0. The van der Waals surface area contributed by atoms with Crippen molar-refractivity contribution in [1.29, 1.82) is 0 Å². The Bertz CT molecular complexity index is 328. The van der Waals surface area contributed by atoms with E-state index in [1.54, 1.807) is 40.7 Å². The molecule has 0 heterocycles. The van der Waals surface area contributed by atoms with Crippen LogP contribution in [0.1, 0.15) is 48.5 Å². The van der Waals surface area contributed by atoms with Crippen LogP contribution in [0.15, 0.2) is 35.5 Å². The van der Waals surface area contributed by atoms with Crippen LogP contribution in [-0.2, 0) is 0 Å². The van der Waals surface area contributed by atoms with E-state index in [2.05, 4.69) is 6.58 Å². The maximum Gasteiger partial charge on any atom is 0.416 e. The third-order valence-corrected chi connectivity index (χ3v) is 2.64. The minimum Gasteiger partial charge on any atom is -0.166 e. The Hall–Kier alpha value is -0.990. The lowest BCUT2D eigenvalue weighted by Crippen LogP contribution is -2.20. The number of halogens is 3. The van der Waals surface area contributed by atoms with Gasteiger partial charge < -0.3 is 0 Å². The summed E-state index contributed by atoms with van der Waals surface area (Å²) in [4.78, 5) is 0. The molecule has 0 aromatic heterocycles. The third-order valence-electron chi connectivity index (χ3n) is 2.64. The van der Waals surface area contributed by atoms with E-state index in [1.807, 2.05) is 13.8 Å². The van der Waals surface area contributed by atoms with Gasteiger partial charge in [0.1, 0.15) is 0 Å². The molecule has 0 aromatic rings. The summed E-state index contributed by atoms with van der Waals surface area (Å²) >= 11 is 0. The van der Waals surface area contributed by atoms with Crippen molar-refractivity contribution in [2.24, 2.45) is 11.8 Å². The fraction of sp³-hybridized carbons (Fsp3) is 0.625. The molecule has 19 heavy (non-hydrogen) atoms. The molecule has 0 aliphatic rings. The van der Waals surface area contributed by atoms with Crippen LogP contribution in [0.25, 0.3) is 0 Å². The summed E-state index contributed by atoms with van der Waals surface area (Å²) in [7, 11) is 0. The normalized spacial score (nSPS) is 14.0. The summed E-state index contributed by atoms with van der Waals surface area (Å²) < 4.78 is 39.5. The van der Waals surface area contributed by atoms with Crippen molar-refractivity contribution >= 4 is 0 Å². The molecule has 0 unspecified atom stereocenters. The van der Waals surface area contributed by atoms with E-state index in [9.17, 15) is 13.2 Å². The first-order valence-corrected chi connectivity index (χ1v) is 6.77. The molecule has 0 saturated carbocycles. The summed E-state index contributed by atoms with van der Waals surface area (Å²) in [5.74, 6) is -0.358. The van der Waals surface area contributed by atoms with Gasteiger partial charge >= 0.3 is 6.18 Å². The van der Waals surface area contributed by atoms with Gasteiger partial charge in [-0.15, -0.1) is 0 Å². The molecule has 0 aliphatic carbocycles. The molecule has 0 N–H and O–H groups in total. The highest BCUT2D eigenvalue weighted by molar-refractivity contribution is 5.44. The maximum atomic E-state index is 13.2. The summed E-state index contributed by atoms with van der Waals surface area (Å²) in [6.07, 6.45) is -1.47. The second kappa shape index (κ2) is 9.00. The van der Waals surface area contributed by atoms with Gasteiger partial charge in [0, 0.05) is 0 Å². The first-order valence-electron chi connectivity index (χ1n) is 6.77. The number of alkyl halides is 3. The molecule has 0 aliphatic heterocycles. The van der Waals surface area contributed by atoms with Crippen molar-refractivity contribution in [2.45, 2.75) is 54.6 Å². The van der Waals surface area contributed by atoms with Crippen LogP contribution >= 0.6 is 0 Å². The van der Waals surface area contributed by atoms with E-state index >= 15 is 0 Å². The molecule has 0 amide bonds. The molecule has 0 atom stereocenters. The van der Waals surface area contributed by atoms with Crippen LogP contribution in [0.5, 0.6) is 0 Å². The van der Waals surface area contributed by atoms with Gasteiger partial charge in [0.15, 0.2) is 0 Å². The van der Waals surface area contributed by atoms with E-state index in [0.717, 1.165) is 0 Å². The predicted octanol–water partition coefficient (Wildman–Crippen LogP) is 6.32. The summed E-state index contributed by atoms with van der Waals surface area (Å²) in [6.45, 7) is 16.2. The van der Waals surface area contributed by atoms with Gasteiger partial charge in [-0.1, -0.05) is 60.3 Å². The number of hydrogen-bond donors (Lipinski definition) is 0. The fourth-order valence-corrected chi connectivity index (χ4v) is 1.89. The highest BCUT2D eigenvalue weighted by Gasteiger charge is 2.38. The lowest BCUT2D eigenvalue weighted by molar-refractivity contribution is -0.0910. The molecule has 0 bridgehead atoms. The minimum absolute atomic E-state index is 0.162. The minimum atomic E-state index is -4.33. The van der Waals surface area contributed by atoms with Crippen LogP contribution in [0.4, 0.5) is 13.2 Å². The zero-order valence-electron chi connectivity index (χ0n) is 13.2. The molecule has 0 rings (SSSR count). The molecule has 0 spiro atoms. The predicted molar refractivity (Wildman–Crippen MR) is 78.1 cm³/mol. The highest BCUT2D eigenvalue weighted by atomic mass is 19.4. The van der Waals surface area contributed by atoms with Gasteiger partial charge in [-0.3, -0.25) is 0 Å². The molecule has 0 aromatic carbocycles. The van der Waals surface area contributed by atoms with Crippen molar-refractivity contribution in [3.05, 3.63) is 35.5 Å². The Kier molecular flexibility index (Phi) is 9.63. The summed E-state index contributed by atoms with van der Waals surface area (Å²) in [5, 5.41) is 0. The number of rotatable bonds is 4. The van der Waals surface area contributed by atoms with Gasteiger partial charge in [0.25, 0.3) is 0 Å². The second-order valence-corrected chi connectivity index (χ2v) is 4.59. The molecule has 112 valence electrons. The van der Waals surface area contributed by atoms with E-state index in [-0.39, 0.29) is 17.4 Å². The van der Waals surface area contributed by atoms with Gasteiger partial charge in [-0.25, -0.2) is 0 Å². The zero-order chi connectivity index (χ0) is 15.8. The van der Waals surface area contributed by atoms with Crippen molar-refractivity contribution in [3.8, 4) is 0 Å². The van der Waals surface area contributed by atoms with E-state index < -0.39 is 11.7 Å². The monoisotopic (exact) mass is 276 g/mol. The number of hydrogen-bond acceptors (Lipinski definition) is 0. The Labute approximate surface area is 116 Å². The molecule has 0 saturated heterocycles. The third kappa shape index (κ3) is 6.13. The van der Waals surface area contributed by atoms with Crippen LogP contribution in [0, 0.1) is 11.8 Å². The van der Waals surface area contributed by atoms with Crippen molar-refractivity contribution in [1.82, 2.24) is 0 Å². The van der Waals surface area contributed by atoms with Gasteiger partial charge in [0.05, 0.1) is 5.57 Å². The van der Waals surface area contributed by atoms with Crippen LogP contribution < -0.4 is 0 Å². The first kappa shape index (κ1) is 20.3. The average molecular weight is 276 g/mol. The standard InChI is InChI=1S/C14H21F3.C2H6/c1-7-11(9(3)4)13(14(15,16)17)12(8-2)10(5)6;1-2/h7-10H,1H2,2-6H3;1-2H3/b12-8-,13-11-;. The SMILES string of the molecule is C=C/C(=C(\C(=C/C)C(C)C)C(F)(F)F)C(C)C.CC. The second-order valence-electron chi connectivity index (χ2n) is 4.59. The molecular weight excluding hydrogens is 249 g/mol. The van der Waals surface area contributed by atoms with Crippen molar-refractivity contribution in [2.75, 3.05) is 0 Å². The molecule has 0 fully saturated rings. The molecule has 0 radical (unpaired) electrons. The van der Waals surface area contributed by atoms with Gasteiger partial charge in [0.2, 0.25) is 0 Å². The lowest BCUT2D eigenvalue weighted by Gasteiger charge is -2.23. The Morgan fingerprint density at radius 2 is 1.42 bits per heavy atom. The van der Waals surface area contributed by atoms with Gasteiger partial charge in [-0.05, 0) is 29.9 Å². The van der Waals surface area contributed by atoms with Crippen molar-refractivity contribution < 1.29 is 13.2 Å². The van der Waals surface area contributed by atoms with E-state index in [1.165, 1.54) is 6.08 Å². The zero-order valence-corrected chi connectivity index (χ0v) is 13.2. The topological polar surface area (TPSA) is 0 Å². The maximum absolute atomic E-state index is 13.2. The Balaban J connectivity index is 0. The van der Waals surface area contributed by atoms with Crippen LogP contribution in [-0.4, -0.2) is 6.18 Å². The van der Waals surface area contributed by atoms with Crippen molar-refractivity contribution in [3.63, 3.8) is 0 Å². The average Bonchev–Trinajstić information content (AvgIpc) is 2.29. The molecular formula is C16H27F3. The fourth-order valence-electron chi connectivity index (χ4n) is 1.89. The van der Waals surface area contributed by atoms with E-state index in [4.69, 9.17) is 0 Å². The smallest absolute Gasteiger partial charge is 0.166 e. The van der Waals surface area contributed by atoms with Crippen LogP contribution in [0.2, 0.25) is 0 Å².